The Bertz CT molecular complexity index is 2240. The van der Waals surface area contributed by atoms with Gasteiger partial charge in [-0.15, -0.1) is 22.7 Å². The van der Waals surface area contributed by atoms with Gasteiger partial charge in [0, 0.05) is 62.5 Å². The molecule has 5 aromatic rings. The van der Waals surface area contributed by atoms with E-state index in [-0.39, 0.29) is 23.7 Å². The van der Waals surface area contributed by atoms with E-state index in [4.69, 9.17) is 11.6 Å². The number of aryl methyl sites for hydroxylation is 2. The molecule has 15 heteroatoms. The molecule has 4 aromatic heterocycles. The summed E-state index contributed by atoms with van der Waals surface area (Å²) < 4.78 is 0. The third kappa shape index (κ3) is 7.73. The molecule has 2 amide bonds. The SMILES string of the molecule is CN(C)C(=O)[C@H]1CCc2c(sc3ncnc(Cl)c23)C1.CN(C)C(=O)[C@H]1CCc2c(sc3ncnc(Nc4cc5c(cc4NCC(C)(C)O)CN=C5)c23)C1. The molecular formula is C38H44ClN9O3S2. The highest BCUT2D eigenvalue weighted by Gasteiger charge is 2.31. The van der Waals surface area contributed by atoms with Gasteiger partial charge in [0.2, 0.25) is 11.8 Å². The molecule has 53 heavy (non-hydrogen) atoms. The Labute approximate surface area is 321 Å². The molecule has 0 fully saturated rings. The second-order valence-corrected chi connectivity index (χ2v) is 17.5. The van der Waals surface area contributed by atoms with Crippen LogP contribution in [0.2, 0.25) is 5.15 Å². The zero-order chi connectivity index (χ0) is 37.6. The second-order valence-electron chi connectivity index (χ2n) is 15.0. The number of nitrogens with zero attached hydrogens (tertiary/aromatic N) is 7. The van der Waals surface area contributed by atoms with Crippen molar-refractivity contribution in [3.05, 3.63) is 61.9 Å². The lowest BCUT2D eigenvalue weighted by atomic mass is 9.87. The van der Waals surface area contributed by atoms with Gasteiger partial charge in [0.05, 0.1) is 34.3 Å². The van der Waals surface area contributed by atoms with E-state index in [0.717, 1.165) is 87.3 Å². The number of hydrogen-bond acceptors (Lipinski definition) is 12. The fraction of sp³-hybridized carbons (Fsp3) is 0.447. The summed E-state index contributed by atoms with van der Waals surface area (Å²) in [7, 11) is 7.26. The van der Waals surface area contributed by atoms with Crippen molar-refractivity contribution in [2.75, 3.05) is 45.4 Å². The first kappa shape index (κ1) is 37.1. The number of rotatable bonds is 7. The maximum absolute atomic E-state index is 12.5. The van der Waals surface area contributed by atoms with Crippen LogP contribution in [-0.4, -0.2) is 93.2 Å². The van der Waals surface area contributed by atoms with Crippen LogP contribution in [0.3, 0.4) is 0 Å². The molecular weight excluding hydrogens is 730 g/mol. The Hall–Kier alpha value is -4.24. The standard InChI is InChI=1S/C25H30N6O2S.C13H14ClN3OS/c1-25(2,33)12-27-18-7-15-10-26-11-16(15)8-19(18)30-22-21-17-6-5-14(24(32)31(3)4)9-20(17)34-23(21)29-13-28-22;1-17(2)13(18)7-3-4-8-9(5-7)19-12-10(8)11(14)15-6-16-12/h7-8,11,13-14,27,33H,5-6,9-10,12H2,1-4H3,(H,28,29,30);6-7H,3-5H2,1-2H3/t14-;7-/m00/s1. The summed E-state index contributed by atoms with van der Waals surface area (Å²) in [6.07, 6.45) is 9.95. The predicted molar refractivity (Wildman–Crippen MR) is 214 cm³/mol. The maximum Gasteiger partial charge on any atom is 0.225 e. The molecule has 1 aromatic carbocycles. The molecule has 3 N–H and O–H groups in total. The summed E-state index contributed by atoms with van der Waals surface area (Å²) in [6.45, 7) is 4.64. The molecule has 0 bridgehead atoms. The first-order valence-corrected chi connectivity index (χ1v) is 19.8. The average molecular weight is 774 g/mol. The highest BCUT2D eigenvalue weighted by atomic mass is 35.5. The molecule has 278 valence electrons. The van der Waals surface area contributed by atoms with E-state index < -0.39 is 5.60 Å². The molecule has 2 atom stereocenters. The normalized spacial score (nSPS) is 17.4. The smallest absolute Gasteiger partial charge is 0.225 e. The third-order valence-corrected chi connectivity index (χ3v) is 12.6. The molecule has 12 nitrogen and oxygen atoms in total. The van der Waals surface area contributed by atoms with Crippen LogP contribution in [0.1, 0.15) is 58.7 Å². The van der Waals surface area contributed by atoms with Crippen molar-refractivity contribution >= 4 is 89.9 Å². The summed E-state index contributed by atoms with van der Waals surface area (Å²) >= 11 is 9.47. The monoisotopic (exact) mass is 773 g/mol. The summed E-state index contributed by atoms with van der Waals surface area (Å²) in [5.74, 6) is 1.27. The third-order valence-electron chi connectivity index (χ3n) is 9.96. The van der Waals surface area contributed by atoms with E-state index >= 15 is 0 Å². The highest BCUT2D eigenvalue weighted by molar-refractivity contribution is 7.19. The van der Waals surface area contributed by atoms with Crippen molar-refractivity contribution in [3.63, 3.8) is 0 Å². The van der Waals surface area contributed by atoms with Crippen LogP contribution in [0.15, 0.2) is 29.8 Å². The average Bonchev–Trinajstić information content (AvgIpc) is 3.84. The van der Waals surface area contributed by atoms with Crippen molar-refractivity contribution in [1.29, 1.82) is 0 Å². The number of anilines is 3. The quantitative estimate of drug-likeness (QED) is 0.163. The van der Waals surface area contributed by atoms with Gasteiger partial charge in [-0.25, -0.2) is 19.9 Å². The van der Waals surface area contributed by atoms with Gasteiger partial charge in [-0.3, -0.25) is 14.6 Å². The number of aliphatic hydroxyl groups is 1. The lowest BCUT2D eigenvalue weighted by Gasteiger charge is -2.24. The first-order chi connectivity index (χ1) is 25.3. The molecule has 0 saturated heterocycles. The zero-order valence-electron chi connectivity index (χ0n) is 30.8. The number of thiophene rings is 2. The van der Waals surface area contributed by atoms with E-state index in [0.29, 0.717) is 18.2 Å². The molecule has 0 radical (unpaired) electrons. The number of benzene rings is 1. The fourth-order valence-electron chi connectivity index (χ4n) is 7.28. The van der Waals surface area contributed by atoms with Gasteiger partial charge < -0.3 is 25.5 Å². The van der Waals surface area contributed by atoms with Crippen LogP contribution in [0.25, 0.3) is 20.4 Å². The zero-order valence-corrected chi connectivity index (χ0v) is 33.2. The van der Waals surface area contributed by atoms with Gasteiger partial charge >= 0.3 is 0 Å². The van der Waals surface area contributed by atoms with Crippen molar-refractivity contribution < 1.29 is 14.7 Å². The van der Waals surface area contributed by atoms with Crippen LogP contribution in [0, 0.1) is 11.8 Å². The summed E-state index contributed by atoms with van der Waals surface area (Å²) in [5.41, 5.74) is 5.67. The van der Waals surface area contributed by atoms with Crippen LogP contribution in [0.5, 0.6) is 0 Å². The Morgan fingerprint density at radius 3 is 2.06 bits per heavy atom. The van der Waals surface area contributed by atoms with Gasteiger partial charge in [0.15, 0.2) is 0 Å². The first-order valence-electron chi connectivity index (χ1n) is 17.8. The maximum atomic E-state index is 12.5. The topological polar surface area (TPSA) is 149 Å². The molecule has 2 aliphatic carbocycles. The van der Waals surface area contributed by atoms with E-state index in [1.54, 1.807) is 52.6 Å². The van der Waals surface area contributed by atoms with Crippen molar-refractivity contribution in [1.82, 2.24) is 29.7 Å². The molecule has 0 spiro atoms. The number of carbonyl (C=O) groups is 2. The van der Waals surface area contributed by atoms with Gasteiger partial charge in [0.1, 0.15) is 33.3 Å². The number of hydrogen-bond donors (Lipinski definition) is 3. The summed E-state index contributed by atoms with van der Waals surface area (Å²) in [5, 5.41) is 19.7. The lowest BCUT2D eigenvalue weighted by molar-refractivity contribution is -0.134. The second kappa shape index (κ2) is 14.9. The molecule has 3 aliphatic rings. The fourth-order valence-corrected chi connectivity index (χ4v) is 10.1. The summed E-state index contributed by atoms with van der Waals surface area (Å²) in [4.78, 5) is 54.2. The minimum Gasteiger partial charge on any atom is -0.389 e. The summed E-state index contributed by atoms with van der Waals surface area (Å²) in [6, 6.07) is 4.17. The molecule has 8 rings (SSSR count). The molecule has 1 aliphatic heterocycles. The lowest BCUT2D eigenvalue weighted by Crippen LogP contribution is -2.32. The number of aliphatic imine (C=N–C) groups is 1. The van der Waals surface area contributed by atoms with Gasteiger partial charge in [-0.05, 0) is 86.8 Å². The number of fused-ring (bicyclic) bond motifs is 7. The van der Waals surface area contributed by atoms with E-state index in [9.17, 15) is 14.7 Å². The highest BCUT2D eigenvalue weighted by Crippen LogP contribution is 2.42. The van der Waals surface area contributed by atoms with Crippen LogP contribution in [-0.2, 0) is 41.8 Å². The van der Waals surface area contributed by atoms with E-state index in [1.165, 1.54) is 27.2 Å². The number of amides is 2. The Balaban J connectivity index is 0.000000193. The van der Waals surface area contributed by atoms with Crippen molar-refractivity contribution in [2.45, 2.75) is 64.5 Å². The van der Waals surface area contributed by atoms with Gasteiger partial charge in [-0.1, -0.05) is 11.6 Å². The van der Waals surface area contributed by atoms with Crippen molar-refractivity contribution in [3.8, 4) is 0 Å². The van der Waals surface area contributed by atoms with Crippen LogP contribution < -0.4 is 10.6 Å². The Kier molecular flexibility index (Phi) is 10.4. The molecule has 5 heterocycles. The Morgan fingerprint density at radius 1 is 0.868 bits per heavy atom. The Morgan fingerprint density at radius 2 is 1.45 bits per heavy atom. The number of nitrogens with one attached hydrogen (secondary N) is 2. The van der Waals surface area contributed by atoms with Crippen LogP contribution in [0.4, 0.5) is 17.2 Å². The molecule has 0 unspecified atom stereocenters. The van der Waals surface area contributed by atoms with E-state index in [1.807, 2.05) is 34.4 Å². The van der Waals surface area contributed by atoms with E-state index in [2.05, 4.69) is 47.7 Å². The number of carbonyl (C=O) groups excluding carboxylic acids is 2. The minimum atomic E-state index is -0.845. The van der Waals surface area contributed by atoms with Crippen molar-refractivity contribution in [2.24, 2.45) is 16.8 Å². The number of aromatic nitrogens is 4. The number of halogens is 1. The van der Waals surface area contributed by atoms with Gasteiger partial charge in [-0.2, -0.15) is 0 Å². The van der Waals surface area contributed by atoms with Crippen LogP contribution >= 0.6 is 34.3 Å². The largest absolute Gasteiger partial charge is 0.389 e. The molecule has 0 saturated carbocycles. The van der Waals surface area contributed by atoms with Gasteiger partial charge in [0.25, 0.3) is 0 Å². The predicted octanol–water partition coefficient (Wildman–Crippen LogP) is 6.28. The minimum absolute atomic E-state index is 0.0218.